The summed E-state index contributed by atoms with van der Waals surface area (Å²) < 4.78 is 11.1. The van der Waals surface area contributed by atoms with E-state index in [1.807, 2.05) is 72.8 Å². The molecule has 6 nitrogen and oxygen atoms in total. The number of carbonyl (C=O) groups is 2. The molecule has 0 fully saturated rings. The molecule has 1 aromatic heterocycles. The number of nitrogens with one attached hydrogen (secondary N) is 2. The average molecular weight is 412 g/mol. The summed E-state index contributed by atoms with van der Waals surface area (Å²) in [6.45, 7) is 0.192. The van der Waals surface area contributed by atoms with Crippen molar-refractivity contribution in [1.29, 1.82) is 0 Å². The number of hydrogen-bond donors (Lipinski definition) is 2. The molecule has 0 bridgehead atoms. The van der Waals surface area contributed by atoms with Gasteiger partial charge in [0.2, 0.25) is 0 Å². The van der Waals surface area contributed by atoms with Gasteiger partial charge in [-0.25, -0.2) is 0 Å². The van der Waals surface area contributed by atoms with Crippen molar-refractivity contribution in [2.24, 2.45) is 0 Å². The van der Waals surface area contributed by atoms with Crippen LogP contribution in [-0.2, 0) is 6.61 Å². The Balaban J connectivity index is 1.29. The molecule has 2 N–H and O–H groups in total. The van der Waals surface area contributed by atoms with Gasteiger partial charge in [-0.15, -0.1) is 0 Å². The fraction of sp³-hybridized carbons (Fsp3) is 0.0400. The van der Waals surface area contributed by atoms with Crippen LogP contribution in [0.1, 0.15) is 26.7 Å². The average Bonchev–Trinajstić information content (AvgIpc) is 3.32. The third-order valence-corrected chi connectivity index (χ3v) is 4.55. The molecular formula is C25H20N2O4. The molecule has 3 aromatic carbocycles. The van der Waals surface area contributed by atoms with Gasteiger partial charge in [-0.05, 0) is 47.5 Å². The van der Waals surface area contributed by atoms with Gasteiger partial charge in [0.15, 0.2) is 5.76 Å². The molecule has 4 aromatic rings. The fourth-order valence-corrected chi connectivity index (χ4v) is 2.94. The molecule has 0 aliphatic heterocycles. The lowest BCUT2D eigenvalue weighted by atomic mass is 10.0. The van der Waals surface area contributed by atoms with Crippen LogP contribution < -0.4 is 15.6 Å². The Morgan fingerprint density at radius 2 is 1.29 bits per heavy atom. The van der Waals surface area contributed by atoms with Crippen molar-refractivity contribution in [1.82, 2.24) is 10.9 Å². The minimum Gasteiger partial charge on any atom is -0.486 e. The Hall–Kier alpha value is -4.32. The lowest BCUT2D eigenvalue weighted by Crippen LogP contribution is -2.41. The van der Waals surface area contributed by atoms with Crippen LogP contribution in [0.3, 0.4) is 0 Å². The molecule has 0 saturated carbocycles. The topological polar surface area (TPSA) is 80.6 Å². The van der Waals surface area contributed by atoms with Gasteiger partial charge in [0, 0.05) is 5.56 Å². The number of carbonyl (C=O) groups excluding carboxylic acids is 2. The second kappa shape index (κ2) is 9.45. The number of hydrogen-bond acceptors (Lipinski definition) is 4. The molecule has 0 radical (unpaired) electrons. The number of amides is 2. The summed E-state index contributed by atoms with van der Waals surface area (Å²) in [6, 6.07) is 29.5. The van der Waals surface area contributed by atoms with E-state index in [9.17, 15) is 9.59 Å². The van der Waals surface area contributed by atoms with Crippen molar-refractivity contribution in [2.45, 2.75) is 6.61 Å². The van der Waals surface area contributed by atoms with Crippen molar-refractivity contribution >= 4 is 11.8 Å². The van der Waals surface area contributed by atoms with Crippen LogP contribution in [0.2, 0.25) is 0 Å². The standard InChI is InChI=1S/C25H20N2O4/c28-24(20-13-11-19(12-14-20)18-7-3-1-4-8-18)26-27-25(29)23-16-15-22(31-23)17-30-21-9-5-2-6-10-21/h1-16H,17H2,(H,26,28)(H,27,29). The molecule has 1 heterocycles. The second-order valence-electron chi connectivity index (χ2n) is 6.72. The first kappa shape index (κ1) is 20.0. The van der Waals surface area contributed by atoms with Gasteiger partial charge in [-0.1, -0.05) is 60.7 Å². The Labute approximate surface area is 179 Å². The van der Waals surface area contributed by atoms with Gasteiger partial charge in [-0.3, -0.25) is 20.4 Å². The third kappa shape index (κ3) is 5.19. The first-order valence-corrected chi connectivity index (χ1v) is 9.72. The Bertz CT molecular complexity index is 1150. The monoisotopic (exact) mass is 412 g/mol. The van der Waals surface area contributed by atoms with Crippen LogP contribution in [0.4, 0.5) is 0 Å². The molecule has 0 unspecified atom stereocenters. The molecule has 2 amide bonds. The summed E-state index contributed by atoms with van der Waals surface area (Å²) >= 11 is 0. The highest BCUT2D eigenvalue weighted by Gasteiger charge is 2.13. The summed E-state index contributed by atoms with van der Waals surface area (Å²) in [5.41, 5.74) is 7.24. The number of ether oxygens (including phenoxy) is 1. The number of para-hydroxylation sites is 1. The minimum atomic E-state index is -0.555. The van der Waals surface area contributed by atoms with E-state index < -0.39 is 11.8 Å². The van der Waals surface area contributed by atoms with Gasteiger partial charge in [0.1, 0.15) is 18.1 Å². The van der Waals surface area contributed by atoms with E-state index in [-0.39, 0.29) is 12.4 Å². The van der Waals surface area contributed by atoms with E-state index in [1.165, 1.54) is 6.07 Å². The molecule has 31 heavy (non-hydrogen) atoms. The zero-order chi connectivity index (χ0) is 21.5. The zero-order valence-electron chi connectivity index (χ0n) is 16.6. The van der Waals surface area contributed by atoms with Crippen LogP contribution in [-0.4, -0.2) is 11.8 Å². The zero-order valence-corrected chi connectivity index (χ0v) is 16.6. The molecule has 4 rings (SSSR count). The summed E-state index contributed by atoms with van der Waals surface area (Å²) in [4.78, 5) is 24.6. The summed E-state index contributed by atoms with van der Waals surface area (Å²) in [6.07, 6.45) is 0. The van der Waals surface area contributed by atoms with Gasteiger partial charge < -0.3 is 9.15 Å². The van der Waals surface area contributed by atoms with Crippen LogP contribution in [0.25, 0.3) is 11.1 Å². The maximum Gasteiger partial charge on any atom is 0.305 e. The lowest BCUT2D eigenvalue weighted by molar-refractivity contribution is 0.0828. The summed E-state index contributed by atoms with van der Waals surface area (Å²) in [5, 5.41) is 0. The van der Waals surface area contributed by atoms with Crippen LogP contribution in [0, 0.1) is 0 Å². The van der Waals surface area contributed by atoms with Crippen molar-refractivity contribution in [3.05, 3.63) is 114 Å². The Morgan fingerprint density at radius 3 is 2.00 bits per heavy atom. The van der Waals surface area contributed by atoms with Crippen molar-refractivity contribution in [3.63, 3.8) is 0 Å². The normalized spacial score (nSPS) is 10.3. The van der Waals surface area contributed by atoms with E-state index in [2.05, 4.69) is 10.9 Å². The van der Waals surface area contributed by atoms with E-state index >= 15 is 0 Å². The predicted octanol–water partition coefficient (Wildman–Crippen LogP) is 4.60. The minimum absolute atomic E-state index is 0.0754. The highest BCUT2D eigenvalue weighted by molar-refractivity contribution is 5.98. The third-order valence-electron chi connectivity index (χ3n) is 4.55. The first-order chi connectivity index (χ1) is 15.2. The number of hydrazine groups is 1. The van der Waals surface area contributed by atoms with Crippen molar-refractivity contribution in [2.75, 3.05) is 0 Å². The number of benzene rings is 3. The van der Waals surface area contributed by atoms with Crippen LogP contribution in [0.5, 0.6) is 5.75 Å². The van der Waals surface area contributed by atoms with Gasteiger partial charge in [-0.2, -0.15) is 0 Å². The summed E-state index contributed by atoms with van der Waals surface area (Å²) in [5.74, 6) is 0.297. The summed E-state index contributed by atoms with van der Waals surface area (Å²) in [7, 11) is 0. The molecule has 154 valence electrons. The highest BCUT2D eigenvalue weighted by atomic mass is 16.5. The Morgan fingerprint density at radius 1 is 0.677 bits per heavy atom. The van der Waals surface area contributed by atoms with E-state index in [0.717, 1.165) is 11.1 Å². The van der Waals surface area contributed by atoms with Crippen LogP contribution in [0.15, 0.2) is 101 Å². The smallest absolute Gasteiger partial charge is 0.305 e. The molecular weight excluding hydrogens is 392 g/mol. The van der Waals surface area contributed by atoms with E-state index in [4.69, 9.17) is 9.15 Å². The molecule has 6 heteroatoms. The largest absolute Gasteiger partial charge is 0.486 e. The fourth-order valence-electron chi connectivity index (χ4n) is 2.94. The SMILES string of the molecule is O=C(NNC(=O)c1ccc(COc2ccccc2)o1)c1ccc(-c2ccccc2)cc1. The molecule has 0 aliphatic carbocycles. The van der Waals surface area contributed by atoms with Gasteiger partial charge in [0.05, 0.1) is 0 Å². The van der Waals surface area contributed by atoms with E-state index in [0.29, 0.717) is 17.1 Å². The second-order valence-corrected chi connectivity index (χ2v) is 6.72. The lowest BCUT2D eigenvalue weighted by Gasteiger charge is -2.07. The van der Waals surface area contributed by atoms with Crippen molar-refractivity contribution < 1.29 is 18.7 Å². The quantitative estimate of drug-likeness (QED) is 0.454. The maximum absolute atomic E-state index is 12.3. The predicted molar refractivity (Wildman–Crippen MR) is 116 cm³/mol. The van der Waals surface area contributed by atoms with Gasteiger partial charge in [0.25, 0.3) is 5.91 Å². The highest BCUT2D eigenvalue weighted by Crippen LogP contribution is 2.19. The number of furan rings is 1. The van der Waals surface area contributed by atoms with E-state index in [1.54, 1.807) is 18.2 Å². The maximum atomic E-state index is 12.3. The molecule has 0 aliphatic rings. The van der Waals surface area contributed by atoms with Crippen LogP contribution >= 0.6 is 0 Å². The number of rotatable bonds is 6. The van der Waals surface area contributed by atoms with Gasteiger partial charge >= 0.3 is 5.91 Å². The first-order valence-electron chi connectivity index (χ1n) is 9.72. The Kier molecular flexibility index (Phi) is 6.09. The molecule has 0 saturated heterocycles. The van der Waals surface area contributed by atoms with Crippen molar-refractivity contribution in [3.8, 4) is 16.9 Å². The molecule has 0 spiro atoms. The molecule has 0 atom stereocenters.